The van der Waals surface area contributed by atoms with Crippen molar-refractivity contribution in [3.8, 4) is 24.3 Å². The van der Waals surface area contributed by atoms with Crippen LogP contribution in [-0.2, 0) is 19.2 Å². The van der Waals surface area contributed by atoms with Crippen LogP contribution in [0.1, 0.15) is 58.4 Å². The van der Waals surface area contributed by atoms with Crippen LogP contribution in [0.2, 0.25) is 0 Å². The molecule has 0 aromatic heterocycles. The van der Waals surface area contributed by atoms with Gasteiger partial charge in [0.05, 0.1) is 46.5 Å². The van der Waals surface area contributed by atoms with Gasteiger partial charge in [-0.25, -0.2) is 0 Å². The number of amides is 4. The number of nitrogens with one attached hydrogen (secondary N) is 4. The second kappa shape index (κ2) is 26.2. The Morgan fingerprint density at radius 2 is 0.554 bits per heavy atom. The minimum Gasteiger partial charge on any atom is -0.277 e. The standard InChI is InChI=1S/2C22H20N6O2S2.Na/c2*1-14(19(29)25-27(2)21(31)17-8-4-15(12-23)5-9-17)20(30)26-28(3)22(32)18-10-6-16(13-24)7-11-18;/h2*4-11,14H,1-3H3,(H,25,29)(H,26,30);/q;;+1. The molecule has 0 heterocycles. The van der Waals surface area contributed by atoms with E-state index in [4.69, 9.17) is 69.9 Å². The van der Waals surface area contributed by atoms with E-state index < -0.39 is 35.5 Å². The molecule has 324 valence electrons. The van der Waals surface area contributed by atoms with Gasteiger partial charge in [0.1, 0.15) is 31.8 Å². The van der Waals surface area contributed by atoms with Gasteiger partial charge in [0.25, 0.3) is 23.6 Å². The molecule has 0 unspecified atom stereocenters. The average molecular weight is 952 g/mol. The van der Waals surface area contributed by atoms with Crippen LogP contribution in [0.25, 0.3) is 0 Å². The van der Waals surface area contributed by atoms with Crippen molar-refractivity contribution in [2.24, 2.45) is 11.8 Å². The Morgan fingerprint density at radius 3 is 0.692 bits per heavy atom. The van der Waals surface area contributed by atoms with E-state index in [9.17, 15) is 19.2 Å². The molecule has 4 amide bonds. The van der Waals surface area contributed by atoms with E-state index in [-0.39, 0.29) is 29.6 Å². The zero-order valence-electron chi connectivity index (χ0n) is 36.2. The molecule has 0 atom stereocenters. The van der Waals surface area contributed by atoms with Gasteiger partial charge in [-0.3, -0.25) is 60.9 Å². The van der Waals surface area contributed by atoms with E-state index in [2.05, 4.69) is 21.7 Å². The van der Waals surface area contributed by atoms with Crippen LogP contribution in [0.4, 0.5) is 0 Å². The average Bonchev–Trinajstić information content (AvgIpc) is 3.32. The topological polar surface area (TPSA) is 225 Å². The Labute approximate surface area is 420 Å². The second-order valence-corrected chi connectivity index (χ2v) is 15.1. The third kappa shape index (κ3) is 15.8. The number of hydrazine groups is 4. The minimum atomic E-state index is -1.03. The van der Waals surface area contributed by atoms with E-state index in [0.29, 0.717) is 64.5 Å². The van der Waals surface area contributed by atoms with Crippen LogP contribution in [0, 0.1) is 57.2 Å². The van der Waals surface area contributed by atoms with Gasteiger partial charge >= 0.3 is 29.6 Å². The van der Waals surface area contributed by atoms with E-state index >= 15 is 0 Å². The molecule has 21 heteroatoms. The number of nitriles is 4. The molecule has 0 aliphatic rings. The molecule has 0 radical (unpaired) electrons. The molecule has 0 aliphatic heterocycles. The number of carbonyl (C=O) groups excluding carboxylic acids is 4. The van der Waals surface area contributed by atoms with Gasteiger partial charge in [-0.15, -0.1) is 0 Å². The summed E-state index contributed by atoms with van der Waals surface area (Å²) in [5.74, 6) is -4.30. The Bertz CT molecular complexity index is 2240. The Hall–Kier alpha value is -6.72. The molecular weight excluding hydrogens is 912 g/mol. The van der Waals surface area contributed by atoms with Gasteiger partial charge in [-0.1, -0.05) is 97.4 Å². The first-order chi connectivity index (χ1) is 30.3. The number of hydrogen-bond donors (Lipinski definition) is 4. The predicted molar refractivity (Wildman–Crippen MR) is 253 cm³/mol. The van der Waals surface area contributed by atoms with Crippen molar-refractivity contribution >= 4 is 92.5 Å². The first-order valence-corrected chi connectivity index (χ1v) is 20.3. The van der Waals surface area contributed by atoms with Gasteiger partial charge in [0, 0.05) is 50.4 Å². The molecule has 0 fully saturated rings. The van der Waals surface area contributed by atoms with Gasteiger partial charge in [-0.05, 0) is 62.4 Å². The molecule has 4 rings (SSSR count). The van der Waals surface area contributed by atoms with Crippen molar-refractivity contribution in [3.63, 3.8) is 0 Å². The van der Waals surface area contributed by atoms with Crippen molar-refractivity contribution in [2.75, 3.05) is 28.2 Å². The quantitative estimate of drug-likeness (QED) is 0.0840. The van der Waals surface area contributed by atoms with E-state index in [0.717, 1.165) is 0 Å². The van der Waals surface area contributed by atoms with E-state index in [1.807, 2.05) is 24.3 Å². The zero-order chi connectivity index (χ0) is 47.7. The minimum absolute atomic E-state index is 0. The maximum Gasteiger partial charge on any atom is 1.00 e. The summed E-state index contributed by atoms with van der Waals surface area (Å²) >= 11 is 21.4. The Kier molecular flexibility index (Phi) is 21.9. The summed E-state index contributed by atoms with van der Waals surface area (Å²) in [7, 11) is 6.26. The monoisotopic (exact) mass is 951 g/mol. The van der Waals surface area contributed by atoms with Crippen molar-refractivity contribution in [2.45, 2.75) is 13.8 Å². The smallest absolute Gasteiger partial charge is 0.277 e. The first-order valence-electron chi connectivity index (χ1n) is 18.7. The fourth-order valence-corrected chi connectivity index (χ4v) is 5.74. The van der Waals surface area contributed by atoms with Gasteiger partial charge in [0.2, 0.25) is 0 Å². The van der Waals surface area contributed by atoms with Crippen molar-refractivity contribution in [1.29, 1.82) is 21.0 Å². The van der Waals surface area contributed by atoms with Crippen LogP contribution < -0.4 is 51.3 Å². The molecule has 0 spiro atoms. The molecular formula is C44H40N12NaO4S4+. The summed E-state index contributed by atoms with van der Waals surface area (Å²) in [5, 5.41) is 40.9. The summed E-state index contributed by atoms with van der Waals surface area (Å²) in [6.45, 7) is 2.92. The molecule has 4 aromatic carbocycles. The van der Waals surface area contributed by atoms with Crippen LogP contribution in [0.15, 0.2) is 97.1 Å². The number of nitrogens with zero attached hydrogens (tertiary/aromatic N) is 8. The van der Waals surface area contributed by atoms with Gasteiger partial charge in [-0.2, -0.15) is 21.0 Å². The third-order valence-electron chi connectivity index (χ3n) is 8.95. The van der Waals surface area contributed by atoms with Gasteiger partial charge < -0.3 is 0 Å². The number of carbonyl (C=O) groups is 4. The van der Waals surface area contributed by atoms with Crippen molar-refractivity contribution in [1.82, 2.24) is 41.7 Å². The maximum atomic E-state index is 12.5. The van der Waals surface area contributed by atoms with Crippen LogP contribution in [0.3, 0.4) is 0 Å². The van der Waals surface area contributed by atoms with Gasteiger partial charge in [0.15, 0.2) is 0 Å². The van der Waals surface area contributed by atoms with Crippen molar-refractivity contribution in [3.05, 3.63) is 142 Å². The largest absolute Gasteiger partial charge is 1.00 e. The predicted octanol–water partition coefficient (Wildman–Crippen LogP) is 1.09. The molecule has 0 bridgehead atoms. The first kappa shape index (κ1) is 54.4. The molecule has 4 aromatic rings. The van der Waals surface area contributed by atoms with Crippen LogP contribution in [0.5, 0.6) is 0 Å². The summed E-state index contributed by atoms with van der Waals surface area (Å²) in [6.07, 6.45) is 0. The summed E-state index contributed by atoms with van der Waals surface area (Å²) in [4.78, 5) is 51.4. The van der Waals surface area contributed by atoms with Crippen LogP contribution in [-0.4, -0.2) is 91.8 Å². The Morgan fingerprint density at radius 1 is 0.400 bits per heavy atom. The molecule has 0 saturated carbocycles. The zero-order valence-corrected chi connectivity index (χ0v) is 41.5. The fourth-order valence-electron chi connectivity index (χ4n) is 5.01. The third-order valence-corrected chi connectivity index (χ3v) is 11.0. The molecule has 16 nitrogen and oxygen atoms in total. The number of rotatable bonds is 8. The molecule has 4 N–H and O–H groups in total. The number of thiocarbonyl (C=S) groups is 4. The summed E-state index contributed by atoms with van der Waals surface area (Å²) < 4.78 is 0. The molecule has 0 aliphatic carbocycles. The summed E-state index contributed by atoms with van der Waals surface area (Å²) in [5.41, 5.74) is 14.9. The molecule has 65 heavy (non-hydrogen) atoms. The maximum absolute atomic E-state index is 12.5. The fraction of sp³-hybridized carbons (Fsp3) is 0.182. The van der Waals surface area contributed by atoms with Crippen LogP contribution >= 0.6 is 48.9 Å². The van der Waals surface area contributed by atoms with E-state index in [1.54, 1.807) is 125 Å². The SMILES string of the molecule is CC(C(=O)NN(C)C(=S)c1ccc(C#N)cc1)C(=O)NN(C)C(=S)c1ccc(C#N)cc1.CC(C(=O)NN(C)C(=S)c1ccc(C#N)cc1)C(=O)NN(C)C(=S)c1ccc(C#N)cc1.[Na+]. The summed E-state index contributed by atoms with van der Waals surface area (Å²) in [6, 6.07) is 34.5. The van der Waals surface area contributed by atoms with E-state index in [1.165, 1.54) is 33.9 Å². The molecule has 0 saturated heterocycles. The Balaban J connectivity index is 0.000000440. The normalized spacial score (nSPS) is 9.66. The number of benzene rings is 4. The van der Waals surface area contributed by atoms with Crippen molar-refractivity contribution < 1.29 is 48.7 Å². The second-order valence-electron chi connectivity index (χ2n) is 13.6. The number of hydrogen-bond acceptors (Lipinski definition) is 12.